The van der Waals surface area contributed by atoms with Crippen LogP contribution in [-0.2, 0) is 0 Å². The average molecular weight is 416 g/mol. The van der Waals surface area contributed by atoms with Crippen molar-refractivity contribution in [2.75, 3.05) is 12.4 Å². The lowest BCUT2D eigenvalue weighted by Gasteiger charge is -2.04. The second-order valence-electron chi connectivity index (χ2n) is 6.51. The molecule has 30 heavy (non-hydrogen) atoms. The summed E-state index contributed by atoms with van der Waals surface area (Å²) in [7, 11) is 1.61. The van der Waals surface area contributed by atoms with Crippen molar-refractivity contribution in [2.24, 2.45) is 0 Å². The Morgan fingerprint density at radius 2 is 1.87 bits per heavy atom. The van der Waals surface area contributed by atoms with E-state index in [-0.39, 0.29) is 5.89 Å². The quantitative estimate of drug-likeness (QED) is 0.437. The highest BCUT2D eigenvalue weighted by molar-refractivity contribution is 7.15. The third kappa shape index (κ3) is 3.44. The summed E-state index contributed by atoms with van der Waals surface area (Å²) in [6.07, 6.45) is 5.48. The molecule has 0 saturated heterocycles. The van der Waals surface area contributed by atoms with Crippen LogP contribution in [0.2, 0.25) is 0 Å². The molecular weight excluding hydrogens is 400 g/mol. The van der Waals surface area contributed by atoms with E-state index in [9.17, 15) is 4.79 Å². The predicted octanol–water partition coefficient (Wildman–Crippen LogP) is 4.98. The number of carbonyl (C=O) groups is 1. The van der Waals surface area contributed by atoms with E-state index in [1.807, 2.05) is 70.7 Å². The van der Waals surface area contributed by atoms with E-state index in [0.717, 1.165) is 27.5 Å². The zero-order chi connectivity index (χ0) is 20.5. The van der Waals surface area contributed by atoms with Crippen LogP contribution >= 0.6 is 11.3 Å². The van der Waals surface area contributed by atoms with Gasteiger partial charge in [-0.05, 0) is 36.4 Å². The summed E-state index contributed by atoms with van der Waals surface area (Å²) in [6.45, 7) is 0. The number of hydrogen-bond donors (Lipinski definition) is 1. The van der Waals surface area contributed by atoms with E-state index in [1.165, 1.54) is 6.20 Å². The molecule has 7 nitrogen and oxygen atoms in total. The molecule has 1 N–H and O–H groups in total. The Labute approximate surface area is 175 Å². The van der Waals surface area contributed by atoms with Crippen molar-refractivity contribution in [3.8, 4) is 28.3 Å². The molecule has 0 fully saturated rings. The van der Waals surface area contributed by atoms with E-state index < -0.39 is 5.91 Å². The van der Waals surface area contributed by atoms with Crippen LogP contribution in [0.5, 0.6) is 5.75 Å². The molecule has 0 saturated carbocycles. The molecule has 148 valence electrons. The third-order valence-electron chi connectivity index (χ3n) is 4.61. The molecule has 3 aromatic heterocycles. The molecule has 0 aliphatic heterocycles. The molecule has 1 amide bonds. The molecule has 0 bridgehead atoms. The number of oxazole rings is 1. The Morgan fingerprint density at radius 3 is 2.60 bits per heavy atom. The number of ether oxygens (including phenoxy) is 1. The molecule has 2 aromatic carbocycles. The number of nitrogens with zero attached hydrogens (tertiary/aromatic N) is 3. The zero-order valence-electron chi connectivity index (χ0n) is 15.9. The first kappa shape index (κ1) is 18.1. The van der Waals surface area contributed by atoms with Crippen LogP contribution in [0.15, 0.2) is 76.9 Å². The van der Waals surface area contributed by atoms with Crippen LogP contribution < -0.4 is 10.1 Å². The number of amides is 1. The minimum absolute atomic E-state index is 0.000710. The Kier molecular flexibility index (Phi) is 4.53. The minimum atomic E-state index is -0.412. The van der Waals surface area contributed by atoms with Crippen molar-refractivity contribution in [1.29, 1.82) is 0 Å². The van der Waals surface area contributed by atoms with Gasteiger partial charge in [-0.2, -0.15) is 0 Å². The van der Waals surface area contributed by atoms with Crippen molar-refractivity contribution in [3.05, 3.63) is 78.4 Å². The van der Waals surface area contributed by atoms with Crippen molar-refractivity contribution in [1.82, 2.24) is 14.4 Å². The zero-order valence-corrected chi connectivity index (χ0v) is 16.7. The van der Waals surface area contributed by atoms with Gasteiger partial charge in [-0.15, -0.1) is 11.3 Å². The van der Waals surface area contributed by atoms with Crippen LogP contribution in [0.4, 0.5) is 5.69 Å². The summed E-state index contributed by atoms with van der Waals surface area (Å²) < 4.78 is 12.8. The highest BCUT2D eigenvalue weighted by atomic mass is 32.1. The number of methoxy groups -OCH3 is 1. The monoisotopic (exact) mass is 416 g/mol. The van der Waals surface area contributed by atoms with E-state index in [2.05, 4.69) is 15.3 Å². The summed E-state index contributed by atoms with van der Waals surface area (Å²) in [5.41, 5.74) is 3.32. The molecule has 5 aromatic rings. The first-order valence-electron chi connectivity index (χ1n) is 9.14. The molecule has 0 atom stereocenters. The maximum atomic E-state index is 12.5. The Hall–Kier alpha value is -3.91. The number of imidazole rings is 1. The van der Waals surface area contributed by atoms with Crippen LogP contribution in [0.25, 0.3) is 27.5 Å². The van der Waals surface area contributed by atoms with Gasteiger partial charge < -0.3 is 14.5 Å². The van der Waals surface area contributed by atoms with Gasteiger partial charge in [0.1, 0.15) is 5.75 Å². The molecule has 0 aliphatic rings. The van der Waals surface area contributed by atoms with Gasteiger partial charge in [0.15, 0.2) is 10.7 Å². The van der Waals surface area contributed by atoms with Crippen LogP contribution in [0.3, 0.4) is 0 Å². The number of carbonyl (C=O) groups excluding carboxylic acids is 1. The number of nitrogens with one attached hydrogen (secondary N) is 1. The minimum Gasteiger partial charge on any atom is -0.497 e. The fraction of sp³-hybridized carbons (Fsp3) is 0.0455. The molecule has 0 unspecified atom stereocenters. The van der Waals surface area contributed by atoms with Crippen LogP contribution in [0.1, 0.15) is 10.7 Å². The average Bonchev–Trinajstić information content (AvgIpc) is 3.51. The SMILES string of the molecule is COc1ccc(-c2cnc(C(=O)Nc3ccc(-c4cn5ccsc5n4)cc3)o2)cc1. The van der Waals surface area contributed by atoms with Gasteiger partial charge in [0.25, 0.3) is 5.89 Å². The number of benzene rings is 2. The summed E-state index contributed by atoms with van der Waals surface area (Å²) in [5.74, 6) is 0.845. The van der Waals surface area contributed by atoms with Crippen LogP contribution in [0, 0.1) is 0 Å². The van der Waals surface area contributed by atoms with Crippen molar-refractivity contribution >= 4 is 27.9 Å². The van der Waals surface area contributed by atoms with E-state index >= 15 is 0 Å². The number of rotatable bonds is 5. The molecule has 0 spiro atoms. The smallest absolute Gasteiger partial charge is 0.311 e. The Bertz CT molecular complexity index is 1290. The molecular formula is C22H16N4O3S. The van der Waals surface area contributed by atoms with Gasteiger partial charge in [-0.25, -0.2) is 9.97 Å². The molecule has 8 heteroatoms. The Morgan fingerprint density at radius 1 is 1.10 bits per heavy atom. The maximum Gasteiger partial charge on any atom is 0.311 e. The van der Waals surface area contributed by atoms with Crippen molar-refractivity contribution in [3.63, 3.8) is 0 Å². The van der Waals surface area contributed by atoms with Gasteiger partial charge in [-0.1, -0.05) is 12.1 Å². The molecule has 0 radical (unpaired) electrons. The highest BCUT2D eigenvalue weighted by Crippen LogP contribution is 2.25. The van der Waals surface area contributed by atoms with Gasteiger partial charge in [-0.3, -0.25) is 9.20 Å². The van der Waals surface area contributed by atoms with E-state index in [4.69, 9.17) is 9.15 Å². The third-order valence-corrected chi connectivity index (χ3v) is 5.38. The van der Waals surface area contributed by atoms with Gasteiger partial charge in [0.05, 0.1) is 19.0 Å². The van der Waals surface area contributed by atoms with Gasteiger partial charge in [0, 0.05) is 34.6 Å². The fourth-order valence-corrected chi connectivity index (χ4v) is 3.74. The van der Waals surface area contributed by atoms with Crippen molar-refractivity contribution < 1.29 is 13.9 Å². The number of hydrogen-bond acceptors (Lipinski definition) is 6. The fourth-order valence-electron chi connectivity index (χ4n) is 3.04. The maximum absolute atomic E-state index is 12.5. The number of thiazole rings is 1. The normalized spacial score (nSPS) is 11.0. The summed E-state index contributed by atoms with van der Waals surface area (Å²) in [6, 6.07) is 14.8. The first-order chi connectivity index (χ1) is 14.7. The van der Waals surface area contributed by atoms with Crippen LogP contribution in [-0.4, -0.2) is 27.4 Å². The summed E-state index contributed by atoms with van der Waals surface area (Å²) >= 11 is 1.59. The summed E-state index contributed by atoms with van der Waals surface area (Å²) in [5, 5.41) is 4.80. The van der Waals surface area contributed by atoms with E-state index in [0.29, 0.717) is 11.4 Å². The van der Waals surface area contributed by atoms with Gasteiger partial charge >= 0.3 is 5.91 Å². The number of fused-ring (bicyclic) bond motifs is 1. The Balaban J connectivity index is 1.29. The lowest BCUT2D eigenvalue weighted by atomic mass is 10.1. The second kappa shape index (κ2) is 7.49. The molecule has 3 heterocycles. The lowest BCUT2D eigenvalue weighted by molar-refractivity contribution is 0.0991. The predicted molar refractivity (Wildman–Crippen MR) is 115 cm³/mol. The second-order valence-corrected chi connectivity index (χ2v) is 7.38. The van der Waals surface area contributed by atoms with E-state index in [1.54, 1.807) is 18.4 Å². The number of aromatic nitrogens is 3. The molecule has 5 rings (SSSR count). The molecule has 0 aliphatic carbocycles. The lowest BCUT2D eigenvalue weighted by Crippen LogP contribution is -2.11. The summed E-state index contributed by atoms with van der Waals surface area (Å²) in [4.78, 5) is 22.1. The van der Waals surface area contributed by atoms with Gasteiger partial charge in [0.2, 0.25) is 0 Å². The largest absolute Gasteiger partial charge is 0.497 e. The highest BCUT2D eigenvalue weighted by Gasteiger charge is 2.15. The number of anilines is 1. The first-order valence-corrected chi connectivity index (χ1v) is 10.0. The van der Waals surface area contributed by atoms with Crippen molar-refractivity contribution in [2.45, 2.75) is 0 Å². The standard InChI is InChI=1S/C22H16N4O3S/c1-28-17-8-4-15(5-9-17)19-12-23-21(29-19)20(27)24-16-6-2-14(3-7-16)18-13-26-10-11-30-22(26)25-18/h2-13H,1H3,(H,24,27). The topological polar surface area (TPSA) is 81.7 Å².